The Kier molecular flexibility index (Phi) is 4.36. The molecule has 2 rings (SSSR count). The largest absolute Gasteiger partial charge is 0.407 e. The summed E-state index contributed by atoms with van der Waals surface area (Å²) in [5.41, 5.74) is 5.42. The molecule has 2 heterocycles. The van der Waals surface area contributed by atoms with Crippen LogP contribution >= 0.6 is 0 Å². The topological polar surface area (TPSA) is 97.3 Å². The Hall–Kier alpha value is -1.63. The number of amides is 1. The van der Waals surface area contributed by atoms with Gasteiger partial charge in [0.15, 0.2) is 0 Å². The van der Waals surface area contributed by atoms with Crippen molar-refractivity contribution in [1.82, 2.24) is 15.5 Å². The fourth-order valence-corrected chi connectivity index (χ4v) is 2.18. The second-order valence-corrected chi connectivity index (χ2v) is 5.12. The molecule has 0 bridgehead atoms. The van der Waals surface area contributed by atoms with E-state index in [1.807, 2.05) is 18.7 Å². The molecule has 0 spiro atoms. The zero-order valence-electron chi connectivity index (χ0n) is 11.4. The van der Waals surface area contributed by atoms with Crippen molar-refractivity contribution in [3.8, 4) is 0 Å². The summed E-state index contributed by atoms with van der Waals surface area (Å²) in [5.74, 6) is 0.192. The van der Waals surface area contributed by atoms with Gasteiger partial charge in [-0.1, -0.05) is 18.9 Å². The van der Waals surface area contributed by atoms with Crippen molar-refractivity contribution >= 4 is 11.9 Å². The van der Waals surface area contributed by atoms with Crippen LogP contribution in [0, 0.1) is 0 Å². The summed E-state index contributed by atoms with van der Waals surface area (Å²) in [4.78, 5) is 13.3. The first-order valence-electron chi connectivity index (χ1n) is 6.69. The molecule has 1 aliphatic heterocycles. The summed E-state index contributed by atoms with van der Waals surface area (Å²) in [5, 5.41) is 11.2. The van der Waals surface area contributed by atoms with Gasteiger partial charge in [-0.3, -0.25) is 4.79 Å². The van der Waals surface area contributed by atoms with Gasteiger partial charge in [-0.05, 0) is 19.3 Å². The number of carbonyl (C=O) groups excluding carboxylic acids is 1. The lowest BCUT2D eigenvalue weighted by Gasteiger charge is -2.31. The highest BCUT2D eigenvalue weighted by Gasteiger charge is 2.30. The monoisotopic (exact) mass is 267 g/mol. The van der Waals surface area contributed by atoms with Gasteiger partial charge in [0.2, 0.25) is 11.8 Å². The van der Waals surface area contributed by atoms with Crippen molar-refractivity contribution in [2.24, 2.45) is 5.73 Å². The van der Waals surface area contributed by atoms with Gasteiger partial charge in [0.1, 0.15) is 6.04 Å². The third kappa shape index (κ3) is 3.44. The summed E-state index contributed by atoms with van der Waals surface area (Å²) < 4.78 is 5.59. The van der Waals surface area contributed by atoms with Crippen LogP contribution in [0.3, 0.4) is 0 Å². The van der Waals surface area contributed by atoms with E-state index >= 15 is 0 Å². The quantitative estimate of drug-likeness (QED) is 0.802. The normalized spacial score (nSPS) is 19.9. The van der Waals surface area contributed by atoms with E-state index in [-0.39, 0.29) is 11.9 Å². The molecule has 3 N–H and O–H groups in total. The molecule has 19 heavy (non-hydrogen) atoms. The highest BCUT2D eigenvalue weighted by Crippen LogP contribution is 2.23. The van der Waals surface area contributed by atoms with Crippen molar-refractivity contribution < 1.29 is 9.21 Å². The lowest BCUT2D eigenvalue weighted by Crippen LogP contribution is -2.48. The standard InChI is InChI=1S/C12H21N5O2/c1-8(2)14-7-10-15-16-12(19-10)17-6-4-3-5-9(17)11(13)18/h8-9,14H,3-7H2,1-2H3,(H2,13,18). The van der Waals surface area contributed by atoms with Gasteiger partial charge in [-0.2, -0.15) is 0 Å². The van der Waals surface area contributed by atoms with Gasteiger partial charge in [0.25, 0.3) is 0 Å². The molecule has 0 aromatic carbocycles. The maximum absolute atomic E-state index is 11.4. The molecule has 1 atom stereocenters. The lowest BCUT2D eigenvalue weighted by molar-refractivity contribution is -0.119. The van der Waals surface area contributed by atoms with Crippen LogP contribution < -0.4 is 16.0 Å². The Morgan fingerprint density at radius 2 is 2.32 bits per heavy atom. The molecule has 106 valence electrons. The van der Waals surface area contributed by atoms with Crippen molar-refractivity contribution in [1.29, 1.82) is 0 Å². The van der Waals surface area contributed by atoms with Crippen molar-refractivity contribution in [3.05, 3.63) is 5.89 Å². The van der Waals surface area contributed by atoms with E-state index in [1.54, 1.807) is 0 Å². The van der Waals surface area contributed by atoms with Gasteiger partial charge in [-0.15, -0.1) is 5.10 Å². The number of hydrogen-bond acceptors (Lipinski definition) is 6. The van der Waals surface area contributed by atoms with E-state index in [1.165, 1.54) is 0 Å². The third-order valence-electron chi connectivity index (χ3n) is 3.19. The number of nitrogens with two attached hydrogens (primary N) is 1. The average Bonchev–Trinajstić information content (AvgIpc) is 2.85. The number of hydrogen-bond donors (Lipinski definition) is 2. The molecular weight excluding hydrogens is 246 g/mol. The summed E-state index contributed by atoms with van der Waals surface area (Å²) >= 11 is 0. The van der Waals surface area contributed by atoms with E-state index in [2.05, 4.69) is 15.5 Å². The molecular formula is C12H21N5O2. The van der Waals surface area contributed by atoms with Gasteiger partial charge in [-0.25, -0.2) is 0 Å². The molecule has 1 aromatic rings. The minimum absolute atomic E-state index is 0.333. The lowest BCUT2D eigenvalue weighted by atomic mass is 10.0. The molecule has 1 saturated heterocycles. The van der Waals surface area contributed by atoms with Gasteiger partial charge in [0, 0.05) is 12.6 Å². The maximum atomic E-state index is 11.4. The summed E-state index contributed by atoms with van der Waals surface area (Å²) in [7, 11) is 0. The second kappa shape index (κ2) is 6.01. The van der Waals surface area contributed by atoms with Crippen LogP contribution in [0.25, 0.3) is 0 Å². The highest BCUT2D eigenvalue weighted by atomic mass is 16.4. The van der Waals surface area contributed by atoms with Crippen LogP contribution in [0.5, 0.6) is 0 Å². The highest BCUT2D eigenvalue weighted by molar-refractivity contribution is 5.83. The minimum Gasteiger partial charge on any atom is -0.407 e. The fourth-order valence-electron chi connectivity index (χ4n) is 2.18. The number of piperidine rings is 1. The average molecular weight is 267 g/mol. The van der Waals surface area contributed by atoms with E-state index in [0.717, 1.165) is 25.8 Å². The molecule has 0 radical (unpaired) electrons. The maximum Gasteiger partial charge on any atom is 0.318 e. The van der Waals surface area contributed by atoms with E-state index in [4.69, 9.17) is 10.2 Å². The Morgan fingerprint density at radius 3 is 3.00 bits per heavy atom. The summed E-state index contributed by atoms with van der Waals surface area (Å²) in [6.07, 6.45) is 2.75. The summed E-state index contributed by atoms with van der Waals surface area (Å²) in [6, 6.07) is 0.410. The fraction of sp³-hybridized carbons (Fsp3) is 0.750. The van der Waals surface area contributed by atoms with Crippen LogP contribution in [0.1, 0.15) is 39.0 Å². The molecule has 7 heteroatoms. The van der Waals surface area contributed by atoms with Crippen molar-refractivity contribution in [2.75, 3.05) is 11.4 Å². The van der Waals surface area contributed by atoms with E-state index < -0.39 is 0 Å². The number of primary amides is 1. The number of rotatable bonds is 5. The molecule has 1 aliphatic rings. The zero-order chi connectivity index (χ0) is 13.8. The Morgan fingerprint density at radius 1 is 1.53 bits per heavy atom. The predicted octanol–water partition coefficient (Wildman–Crippen LogP) is 0.412. The number of carbonyl (C=O) groups is 1. The SMILES string of the molecule is CC(C)NCc1nnc(N2CCCCC2C(N)=O)o1. The molecule has 1 fully saturated rings. The van der Waals surface area contributed by atoms with Crippen LogP contribution in [-0.4, -0.2) is 34.7 Å². The first kappa shape index (κ1) is 13.8. The Bertz CT molecular complexity index is 432. The molecule has 1 aromatic heterocycles. The molecule has 1 unspecified atom stereocenters. The number of aromatic nitrogens is 2. The first-order valence-corrected chi connectivity index (χ1v) is 6.69. The number of nitrogens with zero attached hydrogens (tertiary/aromatic N) is 3. The molecule has 0 saturated carbocycles. The number of nitrogens with one attached hydrogen (secondary N) is 1. The smallest absolute Gasteiger partial charge is 0.318 e. The van der Waals surface area contributed by atoms with Gasteiger partial charge >= 0.3 is 6.01 Å². The van der Waals surface area contributed by atoms with Crippen LogP contribution in [0.4, 0.5) is 6.01 Å². The van der Waals surface area contributed by atoms with Crippen LogP contribution in [-0.2, 0) is 11.3 Å². The van der Waals surface area contributed by atoms with Gasteiger partial charge in [0.05, 0.1) is 6.54 Å². The van der Waals surface area contributed by atoms with Crippen molar-refractivity contribution in [3.63, 3.8) is 0 Å². The molecule has 1 amide bonds. The third-order valence-corrected chi connectivity index (χ3v) is 3.19. The van der Waals surface area contributed by atoms with Gasteiger partial charge < -0.3 is 20.4 Å². The van der Waals surface area contributed by atoms with Crippen LogP contribution in [0.15, 0.2) is 4.42 Å². The molecule has 7 nitrogen and oxygen atoms in total. The van der Waals surface area contributed by atoms with E-state index in [0.29, 0.717) is 24.5 Å². The first-order chi connectivity index (χ1) is 9.08. The van der Waals surface area contributed by atoms with Crippen molar-refractivity contribution in [2.45, 2.75) is 51.7 Å². The number of anilines is 1. The summed E-state index contributed by atoms with van der Waals surface area (Å²) in [6.45, 7) is 5.35. The van der Waals surface area contributed by atoms with Crippen LogP contribution in [0.2, 0.25) is 0 Å². The Balaban J connectivity index is 2.05. The predicted molar refractivity (Wildman–Crippen MR) is 70.5 cm³/mol. The second-order valence-electron chi connectivity index (χ2n) is 5.12. The minimum atomic E-state index is -0.334. The molecule has 0 aliphatic carbocycles. The zero-order valence-corrected chi connectivity index (χ0v) is 11.4. The van der Waals surface area contributed by atoms with E-state index in [9.17, 15) is 4.79 Å². The Labute approximate surface area is 112 Å².